The number of thiophene rings is 1. The molecule has 2 aromatic heterocycles. The predicted octanol–water partition coefficient (Wildman–Crippen LogP) is 3.25. The van der Waals surface area contributed by atoms with Gasteiger partial charge in [0.25, 0.3) is 5.91 Å². The molecular formula is C15H18N2O2S2. The minimum Gasteiger partial charge on any atom is -0.396 e. The van der Waals surface area contributed by atoms with E-state index in [0.717, 1.165) is 42.8 Å². The number of amides is 1. The van der Waals surface area contributed by atoms with Gasteiger partial charge in [-0.05, 0) is 37.1 Å². The maximum Gasteiger partial charge on any atom is 0.265 e. The van der Waals surface area contributed by atoms with E-state index in [1.54, 1.807) is 17.5 Å². The summed E-state index contributed by atoms with van der Waals surface area (Å²) in [7, 11) is 0. The molecule has 1 saturated heterocycles. The Bertz CT molecular complexity index is 595. The Morgan fingerprint density at radius 2 is 2.43 bits per heavy atom. The van der Waals surface area contributed by atoms with Gasteiger partial charge in [0.15, 0.2) is 0 Å². The maximum absolute atomic E-state index is 12.6. The Hall–Kier alpha value is -1.24. The third-order valence-corrected chi connectivity index (χ3v) is 5.54. The normalized spacial score (nSPS) is 18.3. The van der Waals surface area contributed by atoms with Crippen LogP contribution in [0, 0.1) is 0 Å². The number of aromatic nitrogens is 1. The topological polar surface area (TPSA) is 53.4 Å². The van der Waals surface area contributed by atoms with Crippen molar-refractivity contribution in [3.05, 3.63) is 27.9 Å². The average molecular weight is 322 g/mol. The number of likely N-dealkylation sites (tertiary alicyclic amines) is 1. The van der Waals surface area contributed by atoms with Crippen LogP contribution in [0.4, 0.5) is 0 Å². The minimum atomic E-state index is 0.0921. The Morgan fingerprint density at radius 3 is 3.19 bits per heavy atom. The highest BCUT2D eigenvalue weighted by Gasteiger charge is 2.30. The number of hydrogen-bond acceptors (Lipinski definition) is 5. The lowest BCUT2D eigenvalue weighted by atomic mass is 10.1. The van der Waals surface area contributed by atoms with Crippen LogP contribution in [0.5, 0.6) is 0 Å². The maximum atomic E-state index is 12.6. The summed E-state index contributed by atoms with van der Waals surface area (Å²) in [4.78, 5) is 19.7. The molecule has 0 bridgehead atoms. The second-order valence-electron chi connectivity index (χ2n) is 5.20. The van der Waals surface area contributed by atoms with Crippen molar-refractivity contribution in [1.29, 1.82) is 0 Å². The molecule has 3 heterocycles. The SMILES string of the molecule is O=C(c1cnc(-c2ccsc2)s1)N1CCCC1CCCO. The van der Waals surface area contributed by atoms with Gasteiger partial charge in [0.2, 0.25) is 0 Å². The van der Waals surface area contributed by atoms with Crippen LogP contribution >= 0.6 is 22.7 Å². The average Bonchev–Trinajstić information content (AvgIpc) is 3.24. The van der Waals surface area contributed by atoms with E-state index in [9.17, 15) is 4.79 Å². The van der Waals surface area contributed by atoms with Gasteiger partial charge in [0.1, 0.15) is 9.88 Å². The number of carbonyl (C=O) groups excluding carboxylic acids is 1. The van der Waals surface area contributed by atoms with Crippen LogP contribution in [0.3, 0.4) is 0 Å². The molecule has 1 amide bonds. The number of aliphatic hydroxyl groups excluding tert-OH is 1. The van der Waals surface area contributed by atoms with Crippen molar-refractivity contribution in [1.82, 2.24) is 9.88 Å². The third-order valence-electron chi connectivity index (χ3n) is 3.82. The molecular weight excluding hydrogens is 304 g/mol. The second-order valence-corrected chi connectivity index (χ2v) is 7.01. The van der Waals surface area contributed by atoms with Gasteiger partial charge in [0, 0.05) is 30.1 Å². The zero-order chi connectivity index (χ0) is 14.7. The zero-order valence-electron chi connectivity index (χ0n) is 11.7. The lowest BCUT2D eigenvalue weighted by molar-refractivity contribution is 0.0729. The monoisotopic (exact) mass is 322 g/mol. The fourth-order valence-electron chi connectivity index (χ4n) is 2.76. The molecule has 1 unspecified atom stereocenters. The van der Waals surface area contributed by atoms with Crippen LogP contribution in [0.15, 0.2) is 23.0 Å². The molecule has 112 valence electrons. The first-order valence-electron chi connectivity index (χ1n) is 7.20. The molecule has 3 rings (SSSR count). The van der Waals surface area contributed by atoms with Gasteiger partial charge in [-0.25, -0.2) is 4.98 Å². The first-order valence-corrected chi connectivity index (χ1v) is 8.96. The van der Waals surface area contributed by atoms with Crippen LogP contribution in [0.2, 0.25) is 0 Å². The van der Waals surface area contributed by atoms with Crippen molar-refractivity contribution in [3.8, 4) is 10.6 Å². The van der Waals surface area contributed by atoms with Crippen molar-refractivity contribution in [2.75, 3.05) is 13.2 Å². The molecule has 0 aliphatic carbocycles. The fourth-order valence-corrected chi connectivity index (χ4v) is 4.35. The molecule has 0 spiro atoms. The van der Waals surface area contributed by atoms with E-state index in [1.165, 1.54) is 11.3 Å². The molecule has 1 aliphatic rings. The second kappa shape index (κ2) is 6.68. The molecule has 2 aromatic rings. The zero-order valence-corrected chi connectivity index (χ0v) is 13.3. The van der Waals surface area contributed by atoms with Gasteiger partial charge >= 0.3 is 0 Å². The fraction of sp³-hybridized carbons (Fsp3) is 0.467. The Kier molecular flexibility index (Phi) is 4.67. The third kappa shape index (κ3) is 3.17. The minimum absolute atomic E-state index is 0.0921. The molecule has 6 heteroatoms. The van der Waals surface area contributed by atoms with E-state index in [1.807, 2.05) is 21.7 Å². The van der Waals surface area contributed by atoms with Gasteiger partial charge < -0.3 is 10.0 Å². The number of nitrogens with zero attached hydrogens (tertiary/aromatic N) is 2. The van der Waals surface area contributed by atoms with Crippen LogP contribution in [-0.2, 0) is 0 Å². The van der Waals surface area contributed by atoms with Crippen molar-refractivity contribution in [2.24, 2.45) is 0 Å². The molecule has 1 aliphatic heterocycles. The summed E-state index contributed by atoms with van der Waals surface area (Å²) < 4.78 is 0. The number of carbonyl (C=O) groups is 1. The summed E-state index contributed by atoms with van der Waals surface area (Å²) in [6.07, 6.45) is 5.44. The van der Waals surface area contributed by atoms with Gasteiger partial charge in [-0.2, -0.15) is 11.3 Å². The Labute approximate surface area is 132 Å². The summed E-state index contributed by atoms with van der Waals surface area (Å²) in [5.41, 5.74) is 1.09. The number of thiazole rings is 1. The number of aliphatic hydroxyl groups is 1. The van der Waals surface area contributed by atoms with Crippen LogP contribution in [0.1, 0.15) is 35.4 Å². The molecule has 1 N–H and O–H groups in total. The molecule has 0 aromatic carbocycles. The largest absolute Gasteiger partial charge is 0.396 e. The van der Waals surface area contributed by atoms with Crippen LogP contribution in [-0.4, -0.2) is 40.1 Å². The molecule has 0 saturated carbocycles. The van der Waals surface area contributed by atoms with Crippen molar-refractivity contribution < 1.29 is 9.90 Å². The standard InChI is InChI=1S/C15H18N2O2S2/c18-7-2-4-12-3-1-6-17(12)15(19)13-9-16-14(21-13)11-5-8-20-10-11/h5,8-10,12,18H,1-4,6-7H2. The lowest BCUT2D eigenvalue weighted by Crippen LogP contribution is -2.35. The molecule has 4 nitrogen and oxygen atoms in total. The Balaban J connectivity index is 1.73. The first kappa shape index (κ1) is 14.7. The molecule has 0 radical (unpaired) electrons. The van der Waals surface area contributed by atoms with Crippen molar-refractivity contribution >= 4 is 28.6 Å². The summed E-state index contributed by atoms with van der Waals surface area (Å²) in [6.45, 7) is 1.02. The van der Waals surface area contributed by atoms with E-state index >= 15 is 0 Å². The van der Waals surface area contributed by atoms with E-state index in [0.29, 0.717) is 4.88 Å². The summed E-state index contributed by atoms with van der Waals surface area (Å²) in [5.74, 6) is 0.0921. The molecule has 1 fully saturated rings. The van der Waals surface area contributed by atoms with Crippen molar-refractivity contribution in [2.45, 2.75) is 31.7 Å². The highest BCUT2D eigenvalue weighted by Crippen LogP contribution is 2.30. The van der Waals surface area contributed by atoms with Crippen LogP contribution < -0.4 is 0 Å². The summed E-state index contributed by atoms with van der Waals surface area (Å²) in [5, 5.41) is 13.9. The molecule has 1 atom stereocenters. The van der Waals surface area contributed by atoms with Crippen molar-refractivity contribution in [3.63, 3.8) is 0 Å². The lowest BCUT2D eigenvalue weighted by Gasteiger charge is -2.23. The van der Waals surface area contributed by atoms with E-state index in [4.69, 9.17) is 5.11 Å². The van der Waals surface area contributed by atoms with E-state index < -0.39 is 0 Å². The number of hydrogen-bond donors (Lipinski definition) is 1. The number of rotatable bonds is 5. The molecule has 21 heavy (non-hydrogen) atoms. The summed E-state index contributed by atoms with van der Waals surface area (Å²) >= 11 is 3.10. The van der Waals surface area contributed by atoms with E-state index in [-0.39, 0.29) is 18.6 Å². The van der Waals surface area contributed by atoms with Gasteiger partial charge in [0.05, 0.1) is 6.20 Å². The highest BCUT2D eigenvalue weighted by atomic mass is 32.1. The quantitative estimate of drug-likeness (QED) is 0.919. The van der Waals surface area contributed by atoms with Gasteiger partial charge in [-0.1, -0.05) is 0 Å². The van der Waals surface area contributed by atoms with E-state index in [2.05, 4.69) is 4.98 Å². The predicted molar refractivity (Wildman–Crippen MR) is 85.8 cm³/mol. The Morgan fingerprint density at radius 1 is 1.52 bits per heavy atom. The smallest absolute Gasteiger partial charge is 0.265 e. The first-order chi connectivity index (χ1) is 10.3. The van der Waals surface area contributed by atoms with Gasteiger partial charge in [-0.15, -0.1) is 11.3 Å². The highest BCUT2D eigenvalue weighted by molar-refractivity contribution is 7.17. The summed E-state index contributed by atoms with van der Waals surface area (Å²) in [6, 6.07) is 2.30. The van der Waals surface area contributed by atoms with Crippen LogP contribution in [0.25, 0.3) is 10.6 Å². The van der Waals surface area contributed by atoms with Gasteiger partial charge in [-0.3, -0.25) is 4.79 Å².